The molecular weight excluding hydrogens is 494 g/mol. The zero-order chi connectivity index (χ0) is 27.0. The number of fused-ring (bicyclic) bond motifs is 1. The number of rotatable bonds is 19. The molecule has 0 amide bonds. The molecule has 0 aliphatic heterocycles. The van der Waals surface area contributed by atoms with E-state index < -0.39 is 11.3 Å². The number of phenolic OH excluding ortho intramolecular Hbond substituents is 1. The van der Waals surface area contributed by atoms with Crippen LogP contribution in [0.25, 0.3) is 10.8 Å². The fraction of sp³-hybridized carbons (Fsp3) is 0.469. The Morgan fingerprint density at radius 3 is 1.89 bits per heavy atom. The number of anilines is 1. The van der Waals surface area contributed by atoms with E-state index in [4.69, 9.17) is 4.18 Å². The molecule has 0 aliphatic rings. The second-order valence-electron chi connectivity index (χ2n) is 10.0. The van der Waals surface area contributed by atoms with Gasteiger partial charge in [-0.25, -0.2) is 0 Å². The van der Waals surface area contributed by atoms with Crippen LogP contribution in [-0.4, -0.2) is 15.1 Å². The van der Waals surface area contributed by atoms with Crippen LogP contribution in [0, 0.1) is 0 Å². The molecule has 0 bridgehead atoms. The average Bonchev–Trinajstić information content (AvgIpc) is 2.93. The molecule has 2 N–H and O–H groups in total. The molecule has 38 heavy (non-hydrogen) atoms. The monoisotopic (exact) mass is 537 g/mol. The topological polar surface area (TPSA) is 75.6 Å². The summed E-state index contributed by atoms with van der Waals surface area (Å²) in [7, 11) is 0. The van der Waals surface area contributed by atoms with Crippen molar-refractivity contribution >= 4 is 33.5 Å². The number of Topliss-reactive ketones (excluding diaryl/α,β-unsaturated/α-hetero) is 1. The SMILES string of the molecule is CCCCCCCCCCCCCCCC(=O)c1cc(NS(=O)Oc2ccccc2)c2ccccc2c1O. The normalized spacial score (nSPS) is 11.9. The van der Waals surface area contributed by atoms with Crippen molar-refractivity contribution < 1.29 is 18.3 Å². The Balaban J connectivity index is 1.46. The summed E-state index contributed by atoms with van der Waals surface area (Å²) in [6, 6.07) is 17.7. The second kappa shape index (κ2) is 16.9. The Hall–Kier alpha value is -2.86. The van der Waals surface area contributed by atoms with Crippen LogP contribution in [0.5, 0.6) is 11.5 Å². The molecule has 5 nitrogen and oxygen atoms in total. The average molecular weight is 538 g/mol. The van der Waals surface area contributed by atoms with E-state index in [1.54, 1.807) is 36.4 Å². The Morgan fingerprint density at radius 2 is 1.29 bits per heavy atom. The van der Waals surface area contributed by atoms with Crippen LogP contribution in [0.1, 0.15) is 107 Å². The van der Waals surface area contributed by atoms with Crippen molar-refractivity contribution in [2.75, 3.05) is 4.72 Å². The Bertz CT molecular complexity index is 1150. The van der Waals surface area contributed by atoms with Crippen molar-refractivity contribution in [3.05, 3.63) is 66.2 Å². The number of para-hydroxylation sites is 1. The standard InChI is InChI=1S/C32H43NO4S/c1-2-3-4-5-6-7-8-9-10-11-12-13-17-24-31(34)29-25-30(27-22-18-19-23-28(27)32(29)35)33-38(36)37-26-20-15-14-16-21-26/h14-16,18-23,25,33,35H,2-13,17,24H2,1H3. The molecule has 3 rings (SSSR count). The summed E-state index contributed by atoms with van der Waals surface area (Å²) in [6.45, 7) is 2.26. The van der Waals surface area contributed by atoms with Crippen molar-refractivity contribution in [3.8, 4) is 11.5 Å². The predicted octanol–water partition coefficient (Wildman–Crippen LogP) is 9.28. The van der Waals surface area contributed by atoms with Crippen molar-refractivity contribution in [1.82, 2.24) is 0 Å². The number of nitrogens with one attached hydrogen (secondary N) is 1. The largest absolute Gasteiger partial charge is 0.507 e. The summed E-state index contributed by atoms with van der Waals surface area (Å²) in [4.78, 5) is 13.0. The number of hydrogen-bond acceptors (Lipinski definition) is 4. The van der Waals surface area contributed by atoms with Gasteiger partial charge in [0.2, 0.25) is 0 Å². The Labute approximate surface area is 230 Å². The first-order chi connectivity index (χ1) is 18.6. The molecule has 3 aromatic rings. The van der Waals surface area contributed by atoms with Gasteiger partial charge >= 0.3 is 11.3 Å². The molecule has 0 fully saturated rings. The highest BCUT2D eigenvalue weighted by atomic mass is 32.2. The lowest BCUT2D eigenvalue weighted by atomic mass is 9.97. The summed E-state index contributed by atoms with van der Waals surface area (Å²) in [6.07, 6.45) is 16.6. The lowest BCUT2D eigenvalue weighted by Crippen LogP contribution is -2.12. The van der Waals surface area contributed by atoms with E-state index in [0.717, 1.165) is 19.3 Å². The lowest BCUT2D eigenvalue weighted by Gasteiger charge is -2.14. The minimum Gasteiger partial charge on any atom is -0.507 e. The van der Waals surface area contributed by atoms with Crippen LogP contribution in [0.3, 0.4) is 0 Å². The number of carbonyl (C=O) groups is 1. The quantitative estimate of drug-likeness (QED) is 0.0907. The highest BCUT2D eigenvalue weighted by molar-refractivity contribution is 7.82. The number of benzene rings is 3. The molecule has 0 aromatic heterocycles. The van der Waals surface area contributed by atoms with Crippen molar-refractivity contribution in [2.24, 2.45) is 0 Å². The smallest absolute Gasteiger partial charge is 0.316 e. The highest BCUT2D eigenvalue weighted by Gasteiger charge is 2.18. The third kappa shape index (κ3) is 9.79. The van der Waals surface area contributed by atoms with E-state index in [9.17, 15) is 14.1 Å². The van der Waals surface area contributed by atoms with E-state index in [1.807, 2.05) is 24.3 Å². The molecule has 0 saturated carbocycles. The number of carbonyl (C=O) groups excluding carboxylic acids is 1. The second-order valence-corrected chi connectivity index (χ2v) is 10.9. The van der Waals surface area contributed by atoms with Gasteiger partial charge in [0.05, 0.1) is 11.3 Å². The van der Waals surface area contributed by atoms with Gasteiger partial charge < -0.3 is 9.29 Å². The molecule has 0 heterocycles. The predicted molar refractivity (Wildman–Crippen MR) is 159 cm³/mol. The van der Waals surface area contributed by atoms with E-state index in [1.165, 1.54) is 64.2 Å². The molecule has 0 spiro atoms. The summed E-state index contributed by atoms with van der Waals surface area (Å²) in [5.74, 6) is 0.342. The van der Waals surface area contributed by atoms with Gasteiger partial charge in [0.25, 0.3) is 0 Å². The minimum absolute atomic E-state index is 0.0272. The van der Waals surface area contributed by atoms with Crippen LogP contribution in [0.15, 0.2) is 60.7 Å². The van der Waals surface area contributed by atoms with E-state index in [0.29, 0.717) is 28.6 Å². The zero-order valence-corrected chi connectivity index (χ0v) is 23.6. The third-order valence-corrected chi connectivity index (χ3v) is 7.66. The molecule has 1 atom stereocenters. The van der Waals surface area contributed by atoms with E-state index >= 15 is 0 Å². The van der Waals surface area contributed by atoms with Gasteiger partial charge in [-0.15, -0.1) is 0 Å². The summed E-state index contributed by atoms with van der Waals surface area (Å²) < 4.78 is 21.0. The third-order valence-electron chi connectivity index (χ3n) is 6.93. The van der Waals surface area contributed by atoms with Crippen molar-refractivity contribution in [1.29, 1.82) is 0 Å². The molecule has 1 unspecified atom stereocenters. The molecule has 3 aromatic carbocycles. The first-order valence-electron chi connectivity index (χ1n) is 14.3. The minimum atomic E-state index is -1.86. The fourth-order valence-corrected chi connectivity index (χ4v) is 5.45. The number of unbranched alkanes of at least 4 members (excludes halogenated alkanes) is 12. The first kappa shape index (κ1) is 29.7. The first-order valence-corrected chi connectivity index (χ1v) is 15.4. The van der Waals surface area contributed by atoms with Gasteiger partial charge in [0.1, 0.15) is 11.5 Å². The van der Waals surface area contributed by atoms with E-state index in [-0.39, 0.29) is 17.1 Å². The number of hydrogen-bond donors (Lipinski definition) is 2. The maximum Gasteiger partial charge on any atom is 0.316 e. The lowest BCUT2D eigenvalue weighted by molar-refractivity contribution is 0.0976. The summed E-state index contributed by atoms with van der Waals surface area (Å²) >= 11 is -1.86. The van der Waals surface area contributed by atoms with Gasteiger partial charge in [-0.2, -0.15) is 4.21 Å². The summed E-state index contributed by atoms with van der Waals surface area (Å²) in [5.41, 5.74) is 0.739. The number of aromatic hydroxyl groups is 1. The van der Waals surface area contributed by atoms with Crippen LogP contribution < -0.4 is 8.91 Å². The molecular formula is C32H43NO4S. The molecule has 206 valence electrons. The molecule has 0 radical (unpaired) electrons. The van der Waals surface area contributed by atoms with Crippen molar-refractivity contribution in [2.45, 2.75) is 96.8 Å². The zero-order valence-electron chi connectivity index (χ0n) is 22.8. The molecule has 0 saturated heterocycles. The van der Waals surface area contributed by atoms with Crippen LogP contribution in [0.2, 0.25) is 0 Å². The van der Waals surface area contributed by atoms with Crippen molar-refractivity contribution in [3.63, 3.8) is 0 Å². The van der Waals surface area contributed by atoms with Gasteiger partial charge in [-0.05, 0) is 24.6 Å². The highest BCUT2D eigenvalue weighted by Crippen LogP contribution is 2.36. The number of ketones is 1. The van der Waals surface area contributed by atoms with Crippen LogP contribution in [0.4, 0.5) is 5.69 Å². The summed E-state index contributed by atoms with van der Waals surface area (Å²) in [5, 5.41) is 12.1. The molecule has 0 aliphatic carbocycles. The maximum atomic E-state index is 13.0. The van der Waals surface area contributed by atoms with Gasteiger partial charge in [0, 0.05) is 17.2 Å². The van der Waals surface area contributed by atoms with Crippen LogP contribution in [-0.2, 0) is 11.3 Å². The Morgan fingerprint density at radius 1 is 0.763 bits per heavy atom. The number of phenols is 1. The van der Waals surface area contributed by atoms with E-state index in [2.05, 4.69) is 11.6 Å². The fourth-order valence-electron chi connectivity index (χ4n) is 4.77. The van der Waals surface area contributed by atoms with Gasteiger partial charge in [-0.1, -0.05) is 126 Å². The van der Waals surface area contributed by atoms with Gasteiger partial charge in [0.15, 0.2) is 5.78 Å². The van der Waals surface area contributed by atoms with Gasteiger partial charge in [-0.3, -0.25) is 9.52 Å². The maximum absolute atomic E-state index is 13.0. The van der Waals surface area contributed by atoms with Crippen LogP contribution >= 0.6 is 0 Å². The molecule has 6 heteroatoms. The Kier molecular flexibility index (Phi) is 13.2.